The lowest BCUT2D eigenvalue weighted by atomic mass is 10.3. The summed E-state index contributed by atoms with van der Waals surface area (Å²) < 4.78 is 20.8. The van der Waals surface area contributed by atoms with E-state index in [4.69, 9.17) is 10.5 Å². The molecule has 3 rings (SSSR count). The third-order valence-corrected chi connectivity index (χ3v) is 2.67. The summed E-state index contributed by atoms with van der Waals surface area (Å²) in [6.45, 7) is 1.86. The second-order valence-electron chi connectivity index (χ2n) is 4.11. The number of hydrogen-bond donors (Lipinski definition) is 1. The van der Waals surface area contributed by atoms with Gasteiger partial charge in [0.05, 0.1) is 11.4 Å². The van der Waals surface area contributed by atoms with Crippen LogP contribution in [-0.2, 0) is 0 Å². The maximum absolute atomic E-state index is 13.7. The number of fused-ring (bicyclic) bond motifs is 1. The van der Waals surface area contributed by atoms with E-state index < -0.39 is 5.82 Å². The zero-order valence-electron chi connectivity index (χ0n) is 10.2. The quantitative estimate of drug-likeness (QED) is 0.717. The van der Waals surface area contributed by atoms with E-state index in [1.807, 2.05) is 6.92 Å². The number of benzene rings is 1. The molecule has 1 aromatic carbocycles. The van der Waals surface area contributed by atoms with Gasteiger partial charge in [-0.3, -0.25) is 0 Å². The van der Waals surface area contributed by atoms with Crippen LogP contribution in [0.4, 0.5) is 10.1 Å². The minimum atomic E-state index is -0.528. The molecule has 2 N–H and O–H groups in total. The smallest absolute Gasteiger partial charge is 0.245 e. The van der Waals surface area contributed by atoms with Crippen LogP contribution >= 0.6 is 0 Å². The van der Waals surface area contributed by atoms with Crippen LogP contribution < -0.4 is 10.5 Å². The Kier molecular flexibility index (Phi) is 2.56. The van der Waals surface area contributed by atoms with Crippen molar-refractivity contribution in [2.45, 2.75) is 6.92 Å². The number of nitrogen functional groups attached to an aromatic ring is 1. The summed E-state index contributed by atoms with van der Waals surface area (Å²) in [6.07, 6.45) is 3.23. The summed E-state index contributed by atoms with van der Waals surface area (Å²) in [5, 5.41) is 4.23. The molecular formula is C13H11FN4O. The van der Waals surface area contributed by atoms with Crippen molar-refractivity contribution < 1.29 is 9.13 Å². The van der Waals surface area contributed by atoms with Gasteiger partial charge in [0.2, 0.25) is 5.88 Å². The average Bonchev–Trinajstić information content (AvgIpc) is 2.75. The fourth-order valence-electron chi connectivity index (χ4n) is 1.83. The van der Waals surface area contributed by atoms with Crippen LogP contribution in [0.25, 0.3) is 5.52 Å². The van der Waals surface area contributed by atoms with Gasteiger partial charge in [-0.05, 0) is 25.1 Å². The van der Waals surface area contributed by atoms with Gasteiger partial charge in [0.15, 0.2) is 11.6 Å². The molecule has 0 spiro atoms. The number of nitrogens with zero attached hydrogens (tertiary/aromatic N) is 3. The fourth-order valence-corrected chi connectivity index (χ4v) is 1.83. The van der Waals surface area contributed by atoms with Crippen LogP contribution in [0.3, 0.4) is 0 Å². The van der Waals surface area contributed by atoms with Crippen LogP contribution in [-0.4, -0.2) is 14.6 Å². The number of anilines is 1. The van der Waals surface area contributed by atoms with Crippen LogP contribution in [0.2, 0.25) is 0 Å². The number of para-hydroxylation sites is 1. The summed E-state index contributed by atoms with van der Waals surface area (Å²) in [6, 6.07) is 6.18. The monoisotopic (exact) mass is 258 g/mol. The van der Waals surface area contributed by atoms with Gasteiger partial charge in [-0.25, -0.2) is 13.9 Å². The Bertz CT molecular complexity index is 733. The van der Waals surface area contributed by atoms with Crippen molar-refractivity contribution in [2.24, 2.45) is 0 Å². The second-order valence-corrected chi connectivity index (χ2v) is 4.11. The Hall–Kier alpha value is -2.63. The molecule has 0 amide bonds. The number of ether oxygens (including phenoxy) is 1. The Morgan fingerprint density at radius 2 is 2.21 bits per heavy atom. The molecule has 0 aliphatic rings. The largest absolute Gasteiger partial charge is 0.432 e. The number of halogens is 1. The summed E-state index contributed by atoms with van der Waals surface area (Å²) in [5.41, 5.74) is 7.40. The normalized spacial score (nSPS) is 10.8. The van der Waals surface area contributed by atoms with E-state index >= 15 is 0 Å². The lowest BCUT2D eigenvalue weighted by Crippen LogP contribution is -1.98. The van der Waals surface area contributed by atoms with Gasteiger partial charge in [0, 0.05) is 12.4 Å². The van der Waals surface area contributed by atoms with Gasteiger partial charge in [0.25, 0.3) is 0 Å². The number of aryl methyl sites for hydroxylation is 1. The molecule has 3 aromatic rings. The van der Waals surface area contributed by atoms with Crippen LogP contribution in [0, 0.1) is 12.7 Å². The first-order valence-corrected chi connectivity index (χ1v) is 5.68. The molecule has 0 aliphatic heterocycles. The van der Waals surface area contributed by atoms with Gasteiger partial charge >= 0.3 is 0 Å². The molecule has 2 aromatic heterocycles. The van der Waals surface area contributed by atoms with E-state index in [0.717, 1.165) is 5.69 Å². The highest BCUT2D eigenvalue weighted by atomic mass is 19.1. The third-order valence-electron chi connectivity index (χ3n) is 2.67. The maximum atomic E-state index is 13.7. The van der Waals surface area contributed by atoms with Crippen molar-refractivity contribution in [1.82, 2.24) is 14.6 Å². The standard InChI is InChI=1S/C13H11FN4O/c1-8-7-11-13(16-5-6-18(11)17-8)19-12-9(14)3-2-4-10(12)15/h2-7H,15H2,1H3. The predicted molar refractivity (Wildman–Crippen MR) is 68.6 cm³/mol. The second kappa shape index (κ2) is 4.24. The highest BCUT2D eigenvalue weighted by Gasteiger charge is 2.13. The molecule has 0 fully saturated rings. The highest BCUT2D eigenvalue weighted by molar-refractivity contribution is 5.60. The Balaban J connectivity index is 2.11. The molecule has 5 nitrogen and oxygen atoms in total. The van der Waals surface area contributed by atoms with Crippen LogP contribution in [0.1, 0.15) is 5.69 Å². The molecule has 0 bridgehead atoms. The minimum Gasteiger partial charge on any atom is -0.432 e. The molecule has 96 valence electrons. The molecule has 0 saturated carbocycles. The topological polar surface area (TPSA) is 65.4 Å². The predicted octanol–water partition coefficient (Wildman–Crippen LogP) is 2.55. The molecule has 19 heavy (non-hydrogen) atoms. The Labute approximate surface area is 108 Å². The van der Waals surface area contributed by atoms with Crippen molar-refractivity contribution in [3.8, 4) is 11.6 Å². The summed E-state index contributed by atoms with van der Waals surface area (Å²) in [5.74, 6) is -0.290. The molecule has 6 heteroatoms. The van der Waals surface area contributed by atoms with Gasteiger partial charge in [-0.15, -0.1) is 0 Å². The van der Waals surface area contributed by atoms with Crippen molar-refractivity contribution >= 4 is 11.2 Å². The van der Waals surface area contributed by atoms with E-state index in [9.17, 15) is 4.39 Å². The molecule has 2 heterocycles. The zero-order chi connectivity index (χ0) is 13.4. The molecule has 0 atom stereocenters. The van der Waals surface area contributed by atoms with Gasteiger partial charge in [-0.2, -0.15) is 5.10 Å². The third kappa shape index (κ3) is 1.97. The van der Waals surface area contributed by atoms with E-state index in [1.165, 1.54) is 18.3 Å². The molecule has 0 aliphatic carbocycles. The number of nitrogens with two attached hydrogens (primary N) is 1. The number of aromatic nitrogens is 3. The van der Waals surface area contributed by atoms with E-state index in [-0.39, 0.29) is 17.3 Å². The molecule has 0 unspecified atom stereocenters. The average molecular weight is 258 g/mol. The van der Waals surface area contributed by atoms with Crippen molar-refractivity contribution in [1.29, 1.82) is 0 Å². The summed E-state index contributed by atoms with van der Waals surface area (Å²) in [4.78, 5) is 4.09. The van der Waals surface area contributed by atoms with Crippen molar-refractivity contribution in [2.75, 3.05) is 5.73 Å². The summed E-state index contributed by atoms with van der Waals surface area (Å²) >= 11 is 0. The van der Waals surface area contributed by atoms with E-state index in [2.05, 4.69) is 10.1 Å². The molecule has 0 saturated heterocycles. The number of hydrogen-bond acceptors (Lipinski definition) is 4. The summed E-state index contributed by atoms with van der Waals surface area (Å²) in [7, 11) is 0. The van der Waals surface area contributed by atoms with E-state index in [0.29, 0.717) is 5.52 Å². The zero-order valence-corrected chi connectivity index (χ0v) is 10.2. The highest BCUT2D eigenvalue weighted by Crippen LogP contribution is 2.31. The van der Waals surface area contributed by atoms with Gasteiger partial charge in [-0.1, -0.05) is 6.07 Å². The van der Waals surface area contributed by atoms with Crippen LogP contribution in [0.5, 0.6) is 11.6 Å². The first-order chi connectivity index (χ1) is 9.15. The fraction of sp³-hybridized carbons (Fsp3) is 0.0769. The Morgan fingerprint density at radius 3 is 3.00 bits per heavy atom. The molecular weight excluding hydrogens is 247 g/mol. The maximum Gasteiger partial charge on any atom is 0.245 e. The van der Waals surface area contributed by atoms with E-state index in [1.54, 1.807) is 22.8 Å². The van der Waals surface area contributed by atoms with Gasteiger partial charge < -0.3 is 10.5 Å². The number of rotatable bonds is 2. The SMILES string of the molecule is Cc1cc2c(Oc3c(N)cccc3F)nccn2n1. The Morgan fingerprint density at radius 1 is 1.37 bits per heavy atom. The molecule has 0 radical (unpaired) electrons. The minimum absolute atomic E-state index is 0.0260. The first-order valence-electron chi connectivity index (χ1n) is 5.68. The lowest BCUT2D eigenvalue weighted by molar-refractivity contribution is 0.432. The van der Waals surface area contributed by atoms with Crippen LogP contribution in [0.15, 0.2) is 36.7 Å². The van der Waals surface area contributed by atoms with Crippen molar-refractivity contribution in [3.63, 3.8) is 0 Å². The van der Waals surface area contributed by atoms with Crippen molar-refractivity contribution in [3.05, 3.63) is 48.2 Å². The lowest BCUT2D eigenvalue weighted by Gasteiger charge is -2.08. The van der Waals surface area contributed by atoms with Gasteiger partial charge in [0.1, 0.15) is 5.52 Å². The first kappa shape index (κ1) is 11.5.